The Morgan fingerprint density at radius 2 is 1.40 bits per heavy atom. The fraction of sp³-hybridized carbons (Fsp3) is 0.333. The number of ether oxygens (including phenoxy) is 1. The van der Waals surface area contributed by atoms with Gasteiger partial charge in [0.2, 0.25) is 11.6 Å². The molecule has 1 N–H and O–H groups in total. The average molecular weight is 407 g/mol. The summed E-state index contributed by atoms with van der Waals surface area (Å²) in [5.41, 5.74) is 0.700. The molecule has 0 spiro atoms. The molecule has 2 atom stereocenters. The van der Waals surface area contributed by atoms with Gasteiger partial charge in [-0.3, -0.25) is 14.4 Å². The predicted molar refractivity (Wildman–Crippen MR) is 111 cm³/mol. The molecule has 3 rings (SSSR count). The molecule has 1 amide bonds. The van der Waals surface area contributed by atoms with Crippen molar-refractivity contribution >= 4 is 23.4 Å². The SMILES string of the molecule is C[C@H]1CCCC[C@H]1NC(=O)COC(=O)c1ccc(C(=O)C(=O)c2ccccc2)cc1. The van der Waals surface area contributed by atoms with Crippen LogP contribution in [0.25, 0.3) is 0 Å². The second-order valence-corrected chi connectivity index (χ2v) is 7.61. The highest BCUT2D eigenvalue weighted by atomic mass is 16.5. The standard InChI is InChI=1S/C24H25NO5/c1-16-7-5-6-10-20(16)25-21(26)15-30-24(29)19-13-11-18(12-14-19)23(28)22(27)17-8-3-2-4-9-17/h2-4,8-9,11-14,16,20H,5-7,10,15H2,1H3,(H,25,26)/t16-,20+/m0/s1. The van der Waals surface area contributed by atoms with Crippen molar-refractivity contribution in [1.29, 1.82) is 0 Å². The van der Waals surface area contributed by atoms with Crippen LogP contribution in [-0.4, -0.2) is 36.1 Å². The van der Waals surface area contributed by atoms with Crippen LogP contribution in [0.5, 0.6) is 0 Å². The van der Waals surface area contributed by atoms with Gasteiger partial charge in [0, 0.05) is 17.2 Å². The molecule has 6 nitrogen and oxygen atoms in total. The monoisotopic (exact) mass is 407 g/mol. The lowest BCUT2D eigenvalue weighted by Gasteiger charge is -2.29. The fourth-order valence-electron chi connectivity index (χ4n) is 3.60. The van der Waals surface area contributed by atoms with Crippen LogP contribution in [0.3, 0.4) is 0 Å². The second kappa shape index (κ2) is 9.96. The van der Waals surface area contributed by atoms with Crippen molar-refractivity contribution in [2.75, 3.05) is 6.61 Å². The maximum atomic E-state index is 12.3. The average Bonchev–Trinajstić information content (AvgIpc) is 2.78. The van der Waals surface area contributed by atoms with Crippen LogP contribution >= 0.6 is 0 Å². The summed E-state index contributed by atoms with van der Waals surface area (Å²) in [7, 11) is 0. The normalized spacial score (nSPS) is 18.3. The Kier molecular flexibility index (Phi) is 7.12. The van der Waals surface area contributed by atoms with Crippen LogP contribution in [0.2, 0.25) is 0 Å². The number of benzene rings is 2. The molecule has 156 valence electrons. The van der Waals surface area contributed by atoms with E-state index < -0.39 is 17.5 Å². The topological polar surface area (TPSA) is 89.5 Å². The number of carbonyl (C=O) groups is 4. The van der Waals surface area contributed by atoms with Crippen LogP contribution in [-0.2, 0) is 9.53 Å². The summed E-state index contributed by atoms with van der Waals surface area (Å²) in [5, 5.41) is 2.93. The summed E-state index contributed by atoms with van der Waals surface area (Å²) in [4.78, 5) is 48.8. The molecule has 0 aromatic heterocycles. The highest BCUT2D eigenvalue weighted by Crippen LogP contribution is 2.23. The number of carbonyl (C=O) groups excluding carboxylic acids is 4. The molecule has 1 saturated carbocycles. The Morgan fingerprint density at radius 1 is 0.833 bits per heavy atom. The van der Waals surface area contributed by atoms with E-state index in [-0.39, 0.29) is 29.7 Å². The second-order valence-electron chi connectivity index (χ2n) is 7.61. The minimum atomic E-state index is -0.657. The van der Waals surface area contributed by atoms with E-state index in [1.165, 1.54) is 30.7 Å². The maximum absolute atomic E-state index is 12.3. The van der Waals surface area contributed by atoms with E-state index in [1.54, 1.807) is 30.3 Å². The molecule has 1 aliphatic rings. The summed E-state index contributed by atoms with van der Waals surface area (Å²) < 4.78 is 5.08. The summed E-state index contributed by atoms with van der Waals surface area (Å²) >= 11 is 0. The summed E-state index contributed by atoms with van der Waals surface area (Å²) in [6.07, 6.45) is 4.30. The Bertz CT molecular complexity index is 920. The smallest absolute Gasteiger partial charge is 0.338 e. The van der Waals surface area contributed by atoms with Crippen LogP contribution in [0.15, 0.2) is 54.6 Å². The molecule has 0 unspecified atom stereocenters. The highest BCUT2D eigenvalue weighted by molar-refractivity contribution is 6.49. The first kappa shape index (κ1) is 21.4. The van der Waals surface area contributed by atoms with E-state index in [4.69, 9.17) is 4.74 Å². The van der Waals surface area contributed by atoms with E-state index in [0.29, 0.717) is 11.5 Å². The van der Waals surface area contributed by atoms with Gasteiger partial charge in [-0.1, -0.05) is 62.2 Å². The molecule has 2 aromatic rings. The van der Waals surface area contributed by atoms with E-state index >= 15 is 0 Å². The van der Waals surface area contributed by atoms with Gasteiger partial charge in [-0.25, -0.2) is 4.79 Å². The number of hydrogen-bond acceptors (Lipinski definition) is 5. The molecular weight excluding hydrogens is 382 g/mol. The van der Waals surface area contributed by atoms with Crippen molar-refractivity contribution in [3.05, 3.63) is 71.3 Å². The molecule has 1 fully saturated rings. The molecule has 0 radical (unpaired) electrons. The molecule has 0 aliphatic heterocycles. The lowest BCUT2D eigenvalue weighted by atomic mass is 9.86. The third kappa shape index (κ3) is 5.41. The number of ketones is 2. The molecule has 0 saturated heterocycles. The molecule has 1 aliphatic carbocycles. The number of Topliss-reactive ketones (excluding diaryl/α,β-unsaturated/α-hetero) is 2. The summed E-state index contributed by atoms with van der Waals surface area (Å²) in [5.74, 6) is -1.82. The van der Waals surface area contributed by atoms with Crippen molar-refractivity contribution in [3.8, 4) is 0 Å². The predicted octanol–water partition coefficient (Wildman–Crippen LogP) is 3.60. The summed E-state index contributed by atoms with van der Waals surface area (Å²) in [6.45, 7) is 1.76. The van der Waals surface area contributed by atoms with Crippen LogP contribution in [0, 0.1) is 5.92 Å². The molecule has 6 heteroatoms. The van der Waals surface area contributed by atoms with E-state index in [0.717, 1.165) is 19.3 Å². The zero-order valence-electron chi connectivity index (χ0n) is 16.9. The zero-order chi connectivity index (χ0) is 21.5. The minimum Gasteiger partial charge on any atom is -0.452 e. The van der Waals surface area contributed by atoms with Crippen LogP contribution in [0.4, 0.5) is 0 Å². The first-order chi connectivity index (χ1) is 14.5. The van der Waals surface area contributed by atoms with Crippen molar-refractivity contribution in [1.82, 2.24) is 5.32 Å². The van der Waals surface area contributed by atoms with Gasteiger partial charge in [0.1, 0.15) is 0 Å². The number of amides is 1. The van der Waals surface area contributed by atoms with Crippen molar-refractivity contribution in [3.63, 3.8) is 0 Å². The lowest BCUT2D eigenvalue weighted by Crippen LogP contribution is -2.42. The van der Waals surface area contributed by atoms with E-state index in [1.807, 2.05) is 0 Å². The van der Waals surface area contributed by atoms with Crippen LogP contribution in [0.1, 0.15) is 63.7 Å². The molecule has 0 bridgehead atoms. The van der Waals surface area contributed by atoms with Gasteiger partial charge >= 0.3 is 5.97 Å². The van der Waals surface area contributed by atoms with E-state index in [2.05, 4.69) is 12.2 Å². The Morgan fingerprint density at radius 3 is 2.03 bits per heavy atom. The van der Waals surface area contributed by atoms with Gasteiger partial charge in [-0.15, -0.1) is 0 Å². The fourth-order valence-corrected chi connectivity index (χ4v) is 3.60. The molecule has 2 aromatic carbocycles. The molecular formula is C24H25NO5. The number of esters is 1. The first-order valence-corrected chi connectivity index (χ1v) is 10.2. The van der Waals surface area contributed by atoms with E-state index in [9.17, 15) is 19.2 Å². The quantitative estimate of drug-likeness (QED) is 0.430. The van der Waals surface area contributed by atoms with Crippen molar-refractivity contribution in [2.24, 2.45) is 5.92 Å². The van der Waals surface area contributed by atoms with Crippen molar-refractivity contribution in [2.45, 2.75) is 38.6 Å². The summed E-state index contributed by atoms with van der Waals surface area (Å²) in [6, 6.07) is 14.0. The zero-order valence-corrected chi connectivity index (χ0v) is 16.9. The maximum Gasteiger partial charge on any atom is 0.338 e. The van der Waals surface area contributed by atoms with Gasteiger partial charge in [0.05, 0.1) is 5.56 Å². The first-order valence-electron chi connectivity index (χ1n) is 10.2. The third-order valence-corrected chi connectivity index (χ3v) is 5.42. The van der Waals surface area contributed by atoms with Gasteiger partial charge in [0.15, 0.2) is 6.61 Å². The van der Waals surface area contributed by atoms with Gasteiger partial charge in [-0.05, 0) is 30.9 Å². The van der Waals surface area contributed by atoms with Crippen molar-refractivity contribution < 1.29 is 23.9 Å². The van der Waals surface area contributed by atoms with Gasteiger partial charge < -0.3 is 10.1 Å². The minimum absolute atomic E-state index is 0.123. The van der Waals surface area contributed by atoms with Gasteiger partial charge in [-0.2, -0.15) is 0 Å². The number of nitrogens with one attached hydrogen (secondary N) is 1. The largest absolute Gasteiger partial charge is 0.452 e. The molecule has 30 heavy (non-hydrogen) atoms. The highest BCUT2D eigenvalue weighted by Gasteiger charge is 2.23. The number of hydrogen-bond donors (Lipinski definition) is 1. The lowest BCUT2D eigenvalue weighted by molar-refractivity contribution is -0.125. The Hall–Kier alpha value is -3.28. The Labute approximate surface area is 175 Å². The third-order valence-electron chi connectivity index (χ3n) is 5.42. The van der Waals surface area contributed by atoms with Crippen LogP contribution < -0.4 is 5.32 Å². The van der Waals surface area contributed by atoms with Gasteiger partial charge in [0.25, 0.3) is 5.91 Å². The number of rotatable bonds is 7. The Balaban J connectivity index is 1.52. The molecule has 0 heterocycles.